The monoisotopic (exact) mass is 308 g/mol. The summed E-state index contributed by atoms with van der Waals surface area (Å²) in [5.74, 6) is -0.722. The second kappa shape index (κ2) is 3.81. The number of fused-ring (bicyclic) bond motifs is 2. The van der Waals surface area contributed by atoms with Gasteiger partial charge in [-0.05, 0) is 40.2 Å². The fourth-order valence-electron chi connectivity index (χ4n) is 1.91. The molecule has 0 radical (unpaired) electrons. The average molecular weight is 309 g/mol. The van der Waals surface area contributed by atoms with Crippen molar-refractivity contribution in [2.45, 2.75) is 0 Å². The Labute approximate surface area is 109 Å². The third-order valence-corrected chi connectivity index (χ3v) is 3.28. The molecule has 5 heteroatoms. The van der Waals surface area contributed by atoms with Crippen LogP contribution in [0.1, 0.15) is 0 Å². The number of rotatable bonds is 0. The molecule has 1 heterocycles. The van der Waals surface area contributed by atoms with E-state index in [4.69, 9.17) is 4.42 Å². The summed E-state index contributed by atoms with van der Waals surface area (Å²) < 4.78 is 19.6. The van der Waals surface area contributed by atoms with Gasteiger partial charge in [-0.15, -0.1) is 0 Å². The Morgan fingerprint density at radius 3 is 2.83 bits per heavy atom. The molecule has 18 heavy (non-hydrogen) atoms. The highest BCUT2D eigenvalue weighted by Gasteiger charge is 2.14. The molecule has 3 rings (SSSR count). The van der Waals surface area contributed by atoms with E-state index in [1.165, 1.54) is 30.3 Å². The first-order valence-electron chi connectivity index (χ1n) is 5.11. The first-order valence-corrected chi connectivity index (χ1v) is 5.91. The smallest absolute Gasteiger partial charge is 0.203 e. The van der Waals surface area contributed by atoms with Gasteiger partial charge in [0.25, 0.3) is 0 Å². The van der Waals surface area contributed by atoms with Crippen LogP contribution in [0.15, 0.2) is 44.0 Å². The van der Waals surface area contributed by atoms with Crippen LogP contribution in [-0.2, 0) is 0 Å². The van der Waals surface area contributed by atoms with Crippen molar-refractivity contribution in [2.75, 3.05) is 0 Å². The van der Waals surface area contributed by atoms with Crippen LogP contribution >= 0.6 is 15.9 Å². The van der Waals surface area contributed by atoms with Gasteiger partial charge in [0.1, 0.15) is 22.5 Å². The van der Waals surface area contributed by atoms with E-state index < -0.39 is 11.2 Å². The summed E-state index contributed by atoms with van der Waals surface area (Å²) in [7, 11) is 0. The molecule has 0 atom stereocenters. The second-order valence-corrected chi connectivity index (χ2v) is 4.70. The molecule has 0 aliphatic carbocycles. The zero-order valence-corrected chi connectivity index (χ0v) is 10.5. The number of phenolic OH excluding ortho intramolecular Hbond substituents is 1. The second-order valence-electron chi connectivity index (χ2n) is 3.85. The highest BCUT2D eigenvalue weighted by Crippen LogP contribution is 2.30. The molecule has 0 fully saturated rings. The molecule has 1 N–H and O–H groups in total. The van der Waals surface area contributed by atoms with E-state index in [0.29, 0.717) is 4.47 Å². The Balaban J connectivity index is 2.66. The molecule has 0 bridgehead atoms. The summed E-state index contributed by atoms with van der Waals surface area (Å²) in [6.45, 7) is 0. The van der Waals surface area contributed by atoms with Crippen LogP contribution in [0, 0.1) is 5.82 Å². The van der Waals surface area contributed by atoms with Gasteiger partial charge in [-0.3, -0.25) is 4.79 Å². The molecular formula is C13H6BrFO3. The molecule has 0 saturated carbocycles. The quantitative estimate of drug-likeness (QED) is 0.646. The largest absolute Gasteiger partial charge is 0.508 e. The van der Waals surface area contributed by atoms with Crippen LogP contribution in [0.2, 0.25) is 0 Å². The van der Waals surface area contributed by atoms with Crippen molar-refractivity contribution in [1.82, 2.24) is 0 Å². The molecule has 0 unspecified atom stereocenters. The Hall–Kier alpha value is -1.88. The van der Waals surface area contributed by atoms with Gasteiger partial charge in [-0.25, -0.2) is 4.39 Å². The SMILES string of the molecule is O=c1c2cc(O)cc(Br)c2oc2cccc(F)c12. The van der Waals surface area contributed by atoms with Crippen molar-refractivity contribution < 1.29 is 13.9 Å². The Bertz CT molecular complexity index is 839. The number of aromatic hydroxyl groups is 1. The Morgan fingerprint density at radius 2 is 2.06 bits per heavy atom. The predicted molar refractivity (Wildman–Crippen MR) is 69.3 cm³/mol. The maximum Gasteiger partial charge on any atom is 0.203 e. The van der Waals surface area contributed by atoms with Crippen LogP contribution in [-0.4, -0.2) is 5.11 Å². The fraction of sp³-hybridized carbons (Fsp3) is 0. The molecule has 0 amide bonds. The van der Waals surface area contributed by atoms with E-state index >= 15 is 0 Å². The van der Waals surface area contributed by atoms with E-state index in [1.807, 2.05) is 0 Å². The minimum Gasteiger partial charge on any atom is -0.508 e. The molecule has 90 valence electrons. The van der Waals surface area contributed by atoms with Crippen molar-refractivity contribution in [1.29, 1.82) is 0 Å². The normalized spacial score (nSPS) is 11.2. The van der Waals surface area contributed by atoms with Gasteiger partial charge in [0.15, 0.2) is 5.58 Å². The van der Waals surface area contributed by atoms with Gasteiger partial charge >= 0.3 is 0 Å². The minimum absolute atomic E-state index is 0.0858. The fourth-order valence-corrected chi connectivity index (χ4v) is 2.43. The van der Waals surface area contributed by atoms with Crippen molar-refractivity contribution in [3.8, 4) is 5.75 Å². The number of benzene rings is 2. The van der Waals surface area contributed by atoms with E-state index in [-0.39, 0.29) is 27.7 Å². The lowest BCUT2D eigenvalue weighted by Gasteiger charge is -2.04. The standard InChI is InChI=1S/C13H6BrFO3/c14-8-5-6(16)4-7-12(17)11-9(15)2-1-3-10(11)18-13(7)8/h1-5,16H. The van der Waals surface area contributed by atoms with E-state index in [1.54, 1.807) is 0 Å². The maximum absolute atomic E-state index is 13.6. The van der Waals surface area contributed by atoms with Gasteiger partial charge in [0, 0.05) is 0 Å². The van der Waals surface area contributed by atoms with Crippen LogP contribution in [0.3, 0.4) is 0 Å². The first kappa shape index (κ1) is 11.2. The highest BCUT2D eigenvalue weighted by molar-refractivity contribution is 9.10. The van der Waals surface area contributed by atoms with Crippen LogP contribution < -0.4 is 5.43 Å². The van der Waals surface area contributed by atoms with Crippen molar-refractivity contribution in [3.05, 3.63) is 50.8 Å². The molecule has 0 aliphatic heterocycles. The molecular weight excluding hydrogens is 303 g/mol. The summed E-state index contributed by atoms with van der Waals surface area (Å²) in [5.41, 5.74) is -0.0317. The molecule has 2 aromatic carbocycles. The first-order chi connectivity index (χ1) is 8.58. The summed E-state index contributed by atoms with van der Waals surface area (Å²) in [6, 6.07) is 6.87. The lowest BCUT2D eigenvalue weighted by atomic mass is 10.1. The summed E-state index contributed by atoms with van der Waals surface area (Å²) in [4.78, 5) is 12.2. The molecule has 0 saturated heterocycles. The minimum atomic E-state index is -0.636. The molecule has 0 spiro atoms. The summed E-state index contributed by atoms with van der Waals surface area (Å²) in [5, 5.41) is 9.50. The van der Waals surface area contributed by atoms with Gasteiger partial charge in [0.05, 0.1) is 9.86 Å². The average Bonchev–Trinajstić information content (AvgIpc) is 2.31. The van der Waals surface area contributed by atoms with Crippen LogP contribution in [0.4, 0.5) is 4.39 Å². The third kappa shape index (κ3) is 1.51. The summed E-state index contributed by atoms with van der Waals surface area (Å²) >= 11 is 3.20. The number of halogens is 2. The lowest BCUT2D eigenvalue weighted by Crippen LogP contribution is -2.04. The molecule has 0 aliphatic rings. The Morgan fingerprint density at radius 1 is 1.28 bits per heavy atom. The molecule has 1 aromatic heterocycles. The highest BCUT2D eigenvalue weighted by atomic mass is 79.9. The number of phenols is 1. The predicted octanol–water partition coefficient (Wildman–Crippen LogP) is 3.55. The number of hydrogen-bond donors (Lipinski definition) is 1. The van der Waals surface area contributed by atoms with E-state index in [9.17, 15) is 14.3 Å². The van der Waals surface area contributed by atoms with Gasteiger partial charge < -0.3 is 9.52 Å². The molecule has 3 aromatic rings. The maximum atomic E-state index is 13.6. The van der Waals surface area contributed by atoms with Gasteiger partial charge in [-0.1, -0.05) is 6.07 Å². The van der Waals surface area contributed by atoms with Crippen molar-refractivity contribution in [3.63, 3.8) is 0 Å². The van der Waals surface area contributed by atoms with Crippen molar-refractivity contribution >= 4 is 37.9 Å². The zero-order valence-electron chi connectivity index (χ0n) is 8.91. The van der Waals surface area contributed by atoms with E-state index in [2.05, 4.69) is 15.9 Å². The van der Waals surface area contributed by atoms with Crippen LogP contribution in [0.25, 0.3) is 21.9 Å². The third-order valence-electron chi connectivity index (χ3n) is 2.69. The van der Waals surface area contributed by atoms with Gasteiger partial charge in [0.2, 0.25) is 5.43 Å². The summed E-state index contributed by atoms with van der Waals surface area (Å²) in [6.07, 6.45) is 0. The Kier molecular flexibility index (Phi) is 2.38. The van der Waals surface area contributed by atoms with Crippen LogP contribution in [0.5, 0.6) is 5.75 Å². The lowest BCUT2D eigenvalue weighted by molar-refractivity contribution is 0.475. The topological polar surface area (TPSA) is 50.4 Å². The van der Waals surface area contributed by atoms with E-state index in [0.717, 1.165) is 0 Å². The number of hydrogen-bond acceptors (Lipinski definition) is 3. The zero-order chi connectivity index (χ0) is 12.9. The van der Waals surface area contributed by atoms with Gasteiger partial charge in [-0.2, -0.15) is 0 Å². The molecule has 3 nitrogen and oxygen atoms in total. The van der Waals surface area contributed by atoms with Crippen molar-refractivity contribution in [2.24, 2.45) is 0 Å².